The van der Waals surface area contributed by atoms with Crippen LogP contribution in [0.4, 0.5) is 15.8 Å². The highest BCUT2D eigenvalue weighted by atomic mass is 19.1. The van der Waals surface area contributed by atoms with E-state index in [-0.39, 0.29) is 17.6 Å². The molecule has 0 bridgehead atoms. The number of hydrogen-bond donors (Lipinski definition) is 2. The second-order valence-corrected chi connectivity index (χ2v) is 7.63. The first-order valence-electron chi connectivity index (χ1n) is 10.6. The number of ether oxygens (including phenoxy) is 1. The minimum absolute atomic E-state index is 0.147. The number of para-hydroxylation sites is 2. The number of rotatable bonds is 5. The lowest BCUT2D eigenvalue weighted by atomic mass is 10.0. The summed E-state index contributed by atoms with van der Waals surface area (Å²) >= 11 is 0. The number of carbonyl (C=O) groups excluding carboxylic acids is 2. The highest BCUT2D eigenvalue weighted by Crippen LogP contribution is 2.23. The number of amides is 2. The van der Waals surface area contributed by atoms with Gasteiger partial charge in [0.2, 0.25) is 0 Å². The van der Waals surface area contributed by atoms with Gasteiger partial charge in [0, 0.05) is 24.2 Å². The molecule has 0 aromatic heterocycles. The second kappa shape index (κ2) is 10.1. The van der Waals surface area contributed by atoms with E-state index in [0.717, 1.165) is 5.56 Å². The molecule has 0 atom stereocenters. The van der Waals surface area contributed by atoms with Crippen molar-refractivity contribution in [2.24, 2.45) is 0 Å². The Bertz CT molecular complexity index is 1170. The van der Waals surface area contributed by atoms with Crippen LogP contribution in [0.1, 0.15) is 21.5 Å². The molecule has 1 heterocycles. The van der Waals surface area contributed by atoms with Crippen molar-refractivity contribution in [1.29, 1.82) is 0 Å². The molecular formula is C26H24FN3O3. The summed E-state index contributed by atoms with van der Waals surface area (Å²) in [5, 5.41) is 2.79. The highest BCUT2D eigenvalue weighted by molar-refractivity contribution is 6.24. The van der Waals surface area contributed by atoms with Crippen molar-refractivity contribution in [2.45, 2.75) is 0 Å². The van der Waals surface area contributed by atoms with Gasteiger partial charge in [-0.15, -0.1) is 0 Å². The van der Waals surface area contributed by atoms with Crippen molar-refractivity contribution in [1.82, 2.24) is 4.90 Å². The minimum atomic E-state index is -0.369. The fourth-order valence-electron chi connectivity index (χ4n) is 3.54. The summed E-state index contributed by atoms with van der Waals surface area (Å²) < 4.78 is 18.8. The smallest absolute Gasteiger partial charge is 0.255 e. The van der Waals surface area contributed by atoms with Gasteiger partial charge in [0.15, 0.2) is 0 Å². The number of nitrogens with two attached hydrogens (primary N) is 1. The standard InChI is InChI=1S/C26H24FN3O3/c27-21-11-9-19(10-12-21)22(26(32)30-13-15-33-16-14-30)17-18-5-7-20(8-6-18)25(31)29-24-4-2-1-3-23(24)28/h1-12,17H,13-16,28H2,(H,29,31). The largest absolute Gasteiger partial charge is 0.397 e. The van der Waals surface area contributed by atoms with E-state index in [0.29, 0.717) is 54.4 Å². The van der Waals surface area contributed by atoms with Gasteiger partial charge in [-0.3, -0.25) is 9.59 Å². The van der Waals surface area contributed by atoms with E-state index in [9.17, 15) is 14.0 Å². The number of anilines is 2. The summed E-state index contributed by atoms with van der Waals surface area (Å²) in [6.45, 7) is 1.97. The first kappa shape index (κ1) is 22.2. The zero-order valence-corrected chi connectivity index (χ0v) is 18.0. The second-order valence-electron chi connectivity index (χ2n) is 7.63. The lowest BCUT2D eigenvalue weighted by Crippen LogP contribution is -2.41. The number of nitrogens with one attached hydrogen (secondary N) is 1. The molecule has 0 spiro atoms. The topological polar surface area (TPSA) is 84.7 Å². The van der Waals surface area contributed by atoms with Crippen LogP contribution in [-0.2, 0) is 9.53 Å². The zero-order chi connectivity index (χ0) is 23.2. The van der Waals surface area contributed by atoms with Gasteiger partial charge < -0.3 is 20.7 Å². The van der Waals surface area contributed by atoms with Crippen LogP contribution >= 0.6 is 0 Å². The third kappa shape index (κ3) is 5.45. The van der Waals surface area contributed by atoms with E-state index < -0.39 is 0 Å². The fourth-order valence-corrected chi connectivity index (χ4v) is 3.54. The van der Waals surface area contributed by atoms with E-state index in [1.165, 1.54) is 12.1 Å². The molecular weight excluding hydrogens is 421 g/mol. The van der Waals surface area contributed by atoms with Crippen LogP contribution in [0.5, 0.6) is 0 Å². The van der Waals surface area contributed by atoms with Gasteiger partial charge in [-0.2, -0.15) is 0 Å². The fraction of sp³-hybridized carbons (Fsp3) is 0.154. The van der Waals surface area contributed by atoms with E-state index in [2.05, 4.69) is 5.32 Å². The molecule has 6 nitrogen and oxygen atoms in total. The molecule has 1 fully saturated rings. The Balaban J connectivity index is 1.58. The van der Waals surface area contributed by atoms with Crippen LogP contribution in [-0.4, -0.2) is 43.0 Å². The van der Waals surface area contributed by atoms with Gasteiger partial charge >= 0.3 is 0 Å². The molecule has 33 heavy (non-hydrogen) atoms. The molecule has 0 saturated carbocycles. The Kier molecular flexibility index (Phi) is 6.80. The van der Waals surface area contributed by atoms with E-state index >= 15 is 0 Å². The van der Waals surface area contributed by atoms with E-state index in [1.807, 2.05) is 0 Å². The maximum Gasteiger partial charge on any atom is 0.255 e. The summed E-state index contributed by atoms with van der Waals surface area (Å²) in [4.78, 5) is 27.5. The first-order chi connectivity index (χ1) is 16.0. The van der Waals surface area contributed by atoms with Crippen molar-refractivity contribution in [3.63, 3.8) is 0 Å². The molecule has 3 aromatic rings. The molecule has 2 amide bonds. The van der Waals surface area contributed by atoms with Gasteiger partial charge in [0.1, 0.15) is 5.82 Å². The molecule has 0 radical (unpaired) electrons. The third-order valence-corrected chi connectivity index (χ3v) is 5.38. The lowest BCUT2D eigenvalue weighted by Gasteiger charge is -2.28. The van der Waals surface area contributed by atoms with E-state index in [1.54, 1.807) is 71.6 Å². The molecule has 1 saturated heterocycles. The summed E-state index contributed by atoms with van der Waals surface area (Å²) in [5.41, 5.74) is 9.18. The number of benzene rings is 3. The van der Waals surface area contributed by atoms with Crippen LogP contribution in [0.2, 0.25) is 0 Å². The Morgan fingerprint density at radius 2 is 1.55 bits per heavy atom. The maximum absolute atomic E-state index is 13.5. The van der Waals surface area contributed by atoms with Gasteiger partial charge in [-0.25, -0.2) is 4.39 Å². The van der Waals surface area contributed by atoms with Crippen molar-refractivity contribution in [3.05, 3.63) is 95.3 Å². The Morgan fingerprint density at radius 1 is 0.909 bits per heavy atom. The van der Waals surface area contributed by atoms with Crippen LogP contribution < -0.4 is 11.1 Å². The Morgan fingerprint density at radius 3 is 2.21 bits per heavy atom. The van der Waals surface area contributed by atoms with Gasteiger partial charge in [-0.05, 0) is 53.6 Å². The average molecular weight is 445 g/mol. The summed E-state index contributed by atoms with van der Waals surface area (Å²) in [5.74, 6) is -0.802. The van der Waals surface area contributed by atoms with Crippen molar-refractivity contribution >= 4 is 34.8 Å². The van der Waals surface area contributed by atoms with Crippen LogP contribution in [0, 0.1) is 5.82 Å². The van der Waals surface area contributed by atoms with Gasteiger partial charge in [0.25, 0.3) is 11.8 Å². The first-order valence-corrected chi connectivity index (χ1v) is 10.6. The molecule has 1 aliphatic heterocycles. The predicted molar refractivity (Wildman–Crippen MR) is 127 cm³/mol. The molecule has 3 aromatic carbocycles. The van der Waals surface area contributed by atoms with Gasteiger partial charge in [-0.1, -0.05) is 36.4 Å². The van der Waals surface area contributed by atoms with Crippen molar-refractivity contribution in [3.8, 4) is 0 Å². The minimum Gasteiger partial charge on any atom is -0.397 e. The monoisotopic (exact) mass is 445 g/mol. The molecule has 7 heteroatoms. The summed E-state index contributed by atoms with van der Waals surface area (Å²) in [6.07, 6.45) is 1.75. The zero-order valence-electron chi connectivity index (χ0n) is 18.0. The normalized spacial score (nSPS) is 14.1. The maximum atomic E-state index is 13.5. The Hall–Kier alpha value is -3.97. The highest BCUT2D eigenvalue weighted by Gasteiger charge is 2.22. The van der Waals surface area contributed by atoms with Crippen molar-refractivity contribution < 1.29 is 18.7 Å². The average Bonchev–Trinajstić information content (AvgIpc) is 2.85. The predicted octanol–water partition coefficient (Wildman–Crippen LogP) is 4.06. The Labute approximate surface area is 191 Å². The van der Waals surface area contributed by atoms with Crippen molar-refractivity contribution in [2.75, 3.05) is 37.4 Å². The molecule has 0 unspecified atom stereocenters. The number of hydrogen-bond acceptors (Lipinski definition) is 4. The quantitative estimate of drug-likeness (QED) is 0.352. The lowest BCUT2D eigenvalue weighted by molar-refractivity contribution is -0.128. The van der Waals surface area contributed by atoms with Crippen LogP contribution in [0.3, 0.4) is 0 Å². The number of carbonyl (C=O) groups is 2. The number of morpholine rings is 1. The molecule has 1 aliphatic rings. The number of nitrogens with zero attached hydrogens (tertiary/aromatic N) is 1. The van der Waals surface area contributed by atoms with Gasteiger partial charge in [0.05, 0.1) is 24.6 Å². The third-order valence-electron chi connectivity index (χ3n) is 5.38. The van der Waals surface area contributed by atoms with E-state index in [4.69, 9.17) is 10.5 Å². The summed E-state index contributed by atoms with van der Waals surface area (Å²) in [6, 6.07) is 19.8. The molecule has 168 valence electrons. The molecule has 3 N–H and O–H groups in total. The number of nitrogen functional groups attached to an aromatic ring is 1. The molecule has 4 rings (SSSR count). The molecule has 0 aliphatic carbocycles. The number of halogens is 1. The van der Waals surface area contributed by atoms with Crippen LogP contribution in [0.25, 0.3) is 11.6 Å². The SMILES string of the molecule is Nc1ccccc1NC(=O)c1ccc(C=C(C(=O)N2CCOCC2)c2ccc(F)cc2)cc1. The summed E-state index contributed by atoms with van der Waals surface area (Å²) in [7, 11) is 0. The van der Waals surface area contributed by atoms with Crippen LogP contribution in [0.15, 0.2) is 72.8 Å².